The maximum absolute atomic E-state index is 13.2. The Balaban J connectivity index is 1.87. The Hall–Kier alpha value is -1.13. The van der Waals surface area contributed by atoms with E-state index >= 15 is 0 Å². The van der Waals surface area contributed by atoms with Gasteiger partial charge in [0.05, 0.1) is 0 Å². The lowest BCUT2D eigenvalue weighted by molar-refractivity contribution is -0.122. The highest BCUT2D eigenvalue weighted by Crippen LogP contribution is 2.30. The molecule has 1 heterocycles. The van der Waals surface area contributed by atoms with Gasteiger partial charge in [0.15, 0.2) is 0 Å². The largest absolute Gasteiger partial charge is 0.355 e. The summed E-state index contributed by atoms with van der Waals surface area (Å²) < 4.78 is 13.2. The van der Waals surface area contributed by atoms with Gasteiger partial charge in [0.25, 0.3) is 0 Å². The van der Waals surface area contributed by atoms with E-state index < -0.39 is 0 Å². The Kier molecular flexibility index (Phi) is 6.64. The molecule has 1 aliphatic heterocycles. The number of nitrogens with one attached hydrogen (secondary N) is 2. The number of carbonyl (C=O) groups is 1. The molecule has 24 heavy (non-hydrogen) atoms. The first-order valence-electron chi connectivity index (χ1n) is 8.72. The van der Waals surface area contributed by atoms with E-state index in [0.29, 0.717) is 29.8 Å². The minimum atomic E-state index is -0.349. The average Bonchev–Trinajstić information content (AvgIpc) is 2.53. The first kappa shape index (κ1) is 19.2. The van der Waals surface area contributed by atoms with Crippen LogP contribution in [0.25, 0.3) is 0 Å². The van der Waals surface area contributed by atoms with Crippen molar-refractivity contribution in [2.24, 2.45) is 11.8 Å². The monoisotopic (exact) mass is 354 g/mol. The summed E-state index contributed by atoms with van der Waals surface area (Å²) in [6.45, 7) is 8.75. The van der Waals surface area contributed by atoms with Crippen LogP contribution in [0.15, 0.2) is 18.2 Å². The zero-order chi connectivity index (χ0) is 17.7. The van der Waals surface area contributed by atoms with Crippen molar-refractivity contribution in [3.05, 3.63) is 34.6 Å². The van der Waals surface area contributed by atoms with E-state index in [-0.39, 0.29) is 17.1 Å². The summed E-state index contributed by atoms with van der Waals surface area (Å²) in [4.78, 5) is 12.3. The van der Waals surface area contributed by atoms with Crippen LogP contribution in [0.2, 0.25) is 5.02 Å². The molecule has 2 rings (SSSR count). The van der Waals surface area contributed by atoms with E-state index in [0.717, 1.165) is 31.5 Å². The van der Waals surface area contributed by atoms with Crippen LogP contribution in [0.1, 0.15) is 45.6 Å². The molecule has 3 nitrogen and oxygen atoms in total. The van der Waals surface area contributed by atoms with E-state index in [4.69, 9.17) is 11.6 Å². The molecule has 1 atom stereocenters. The lowest BCUT2D eigenvalue weighted by Crippen LogP contribution is -2.38. The van der Waals surface area contributed by atoms with Crippen molar-refractivity contribution in [1.82, 2.24) is 10.6 Å². The van der Waals surface area contributed by atoms with Crippen LogP contribution < -0.4 is 10.6 Å². The molecule has 0 aromatic heterocycles. The van der Waals surface area contributed by atoms with Crippen molar-refractivity contribution in [2.75, 3.05) is 19.6 Å². The second-order valence-electron chi connectivity index (χ2n) is 7.55. The van der Waals surface area contributed by atoms with Gasteiger partial charge < -0.3 is 10.6 Å². The summed E-state index contributed by atoms with van der Waals surface area (Å²) in [6, 6.07) is 4.42. The van der Waals surface area contributed by atoms with Crippen LogP contribution in [-0.2, 0) is 10.2 Å². The Morgan fingerprint density at radius 2 is 2.08 bits per heavy atom. The number of hydrogen-bond donors (Lipinski definition) is 2. The third kappa shape index (κ3) is 5.18. The van der Waals surface area contributed by atoms with Gasteiger partial charge in [-0.2, -0.15) is 0 Å². The molecular formula is C19H28ClFN2O. The molecule has 0 radical (unpaired) electrons. The van der Waals surface area contributed by atoms with E-state index in [9.17, 15) is 9.18 Å². The molecule has 1 aliphatic rings. The zero-order valence-corrected chi connectivity index (χ0v) is 15.5. The van der Waals surface area contributed by atoms with Gasteiger partial charge in [-0.25, -0.2) is 4.39 Å². The smallest absolute Gasteiger partial charge is 0.220 e. The van der Waals surface area contributed by atoms with Crippen molar-refractivity contribution >= 4 is 17.5 Å². The summed E-state index contributed by atoms with van der Waals surface area (Å²) in [6.07, 6.45) is 2.84. The normalized spacial score (nSPS) is 17.5. The molecule has 5 heteroatoms. The zero-order valence-electron chi connectivity index (χ0n) is 14.8. The van der Waals surface area contributed by atoms with Crippen LogP contribution in [0.5, 0.6) is 0 Å². The summed E-state index contributed by atoms with van der Waals surface area (Å²) in [7, 11) is 0. The minimum Gasteiger partial charge on any atom is -0.355 e. The number of hydrogen-bond acceptors (Lipinski definition) is 2. The summed E-state index contributed by atoms with van der Waals surface area (Å²) in [5.74, 6) is 0.743. The topological polar surface area (TPSA) is 41.1 Å². The first-order valence-corrected chi connectivity index (χ1v) is 9.10. The maximum Gasteiger partial charge on any atom is 0.220 e. The molecular weight excluding hydrogens is 327 g/mol. The van der Waals surface area contributed by atoms with Crippen molar-refractivity contribution < 1.29 is 9.18 Å². The van der Waals surface area contributed by atoms with Gasteiger partial charge in [-0.15, -0.1) is 0 Å². The molecule has 0 saturated carbocycles. The second kappa shape index (κ2) is 8.30. The molecule has 1 unspecified atom stereocenters. The molecule has 1 amide bonds. The second-order valence-corrected chi connectivity index (χ2v) is 7.96. The van der Waals surface area contributed by atoms with Crippen molar-refractivity contribution in [2.45, 2.75) is 45.4 Å². The third-order valence-corrected chi connectivity index (χ3v) is 5.40. The van der Waals surface area contributed by atoms with E-state index in [1.165, 1.54) is 12.1 Å². The van der Waals surface area contributed by atoms with Crippen LogP contribution in [-0.4, -0.2) is 25.5 Å². The Bertz CT molecular complexity index is 570. The van der Waals surface area contributed by atoms with Gasteiger partial charge in [-0.1, -0.05) is 38.4 Å². The molecule has 0 bridgehead atoms. The Labute approximate surface area is 149 Å². The number of benzene rings is 1. The number of amides is 1. The quantitative estimate of drug-likeness (QED) is 0.813. The van der Waals surface area contributed by atoms with Gasteiger partial charge in [0.2, 0.25) is 5.91 Å². The minimum absolute atomic E-state index is 0.0762. The lowest BCUT2D eigenvalue weighted by Gasteiger charge is -2.29. The fraction of sp³-hybridized carbons (Fsp3) is 0.632. The molecule has 134 valence electrons. The highest BCUT2D eigenvalue weighted by Gasteiger charge is 2.26. The van der Waals surface area contributed by atoms with Crippen molar-refractivity contribution in [3.8, 4) is 0 Å². The van der Waals surface area contributed by atoms with Crippen LogP contribution in [0, 0.1) is 17.7 Å². The summed E-state index contributed by atoms with van der Waals surface area (Å²) in [5, 5.41) is 6.78. The number of piperidine rings is 1. The third-order valence-electron chi connectivity index (χ3n) is 5.08. The highest BCUT2D eigenvalue weighted by atomic mass is 35.5. The number of halogens is 2. The lowest BCUT2D eigenvalue weighted by atomic mass is 9.83. The first-order chi connectivity index (χ1) is 11.3. The van der Waals surface area contributed by atoms with Gasteiger partial charge in [0.1, 0.15) is 5.82 Å². The van der Waals surface area contributed by atoms with Gasteiger partial charge >= 0.3 is 0 Å². The Morgan fingerprint density at radius 3 is 2.71 bits per heavy atom. The van der Waals surface area contributed by atoms with Gasteiger partial charge in [0, 0.05) is 23.4 Å². The fourth-order valence-electron chi connectivity index (χ4n) is 3.40. The SMILES string of the molecule is CC(CC(=O)NCC(C)(C)c1ccc(F)cc1Cl)C1CCNCC1. The molecule has 0 aliphatic carbocycles. The van der Waals surface area contributed by atoms with E-state index in [1.54, 1.807) is 6.07 Å². The van der Waals surface area contributed by atoms with Crippen molar-refractivity contribution in [1.29, 1.82) is 0 Å². The van der Waals surface area contributed by atoms with E-state index in [1.807, 2.05) is 13.8 Å². The maximum atomic E-state index is 13.2. The van der Waals surface area contributed by atoms with Crippen LogP contribution >= 0.6 is 11.6 Å². The predicted molar refractivity (Wildman–Crippen MR) is 96.8 cm³/mol. The Morgan fingerprint density at radius 1 is 1.42 bits per heavy atom. The molecule has 0 spiro atoms. The van der Waals surface area contributed by atoms with Gasteiger partial charge in [-0.05, 0) is 55.5 Å². The molecule has 2 N–H and O–H groups in total. The summed E-state index contributed by atoms with van der Waals surface area (Å²) >= 11 is 6.16. The van der Waals surface area contributed by atoms with Crippen LogP contribution in [0.4, 0.5) is 4.39 Å². The number of rotatable bonds is 6. The molecule has 1 aromatic rings. The molecule has 1 aromatic carbocycles. The number of carbonyl (C=O) groups excluding carboxylic acids is 1. The average molecular weight is 355 g/mol. The fourth-order valence-corrected chi connectivity index (χ4v) is 3.82. The highest BCUT2D eigenvalue weighted by molar-refractivity contribution is 6.31. The van der Waals surface area contributed by atoms with Crippen molar-refractivity contribution in [3.63, 3.8) is 0 Å². The predicted octanol–water partition coefficient (Wildman–Crippen LogP) is 3.90. The molecule has 1 saturated heterocycles. The molecule has 1 fully saturated rings. The van der Waals surface area contributed by atoms with E-state index in [2.05, 4.69) is 17.6 Å². The van der Waals surface area contributed by atoms with Gasteiger partial charge in [-0.3, -0.25) is 4.79 Å². The summed E-state index contributed by atoms with van der Waals surface area (Å²) in [5.41, 5.74) is 0.496. The van der Waals surface area contributed by atoms with Crippen LogP contribution in [0.3, 0.4) is 0 Å². The standard InChI is InChI=1S/C19H28ClFN2O/c1-13(14-6-8-22-9-7-14)10-18(24)23-12-19(2,3)16-5-4-15(21)11-17(16)20/h4-5,11,13-14,22H,6-10,12H2,1-3H3,(H,23,24).